The van der Waals surface area contributed by atoms with Gasteiger partial charge in [-0.3, -0.25) is 4.79 Å². The molecule has 2 aromatic rings. The minimum absolute atomic E-state index is 0.00404. The maximum atomic E-state index is 13.7. The highest BCUT2D eigenvalue weighted by atomic mass is 32.2. The van der Waals surface area contributed by atoms with Gasteiger partial charge in [-0.25, -0.2) is 8.42 Å². The van der Waals surface area contributed by atoms with Crippen LogP contribution < -0.4 is 10.1 Å². The fourth-order valence-corrected chi connectivity index (χ4v) is 7.91. The molecule has 1 aliphatic carbocycles. The van der Waals surface area contributed by atoms with Crippen molar-refractivity contribution in [3.05, 3.63) is 53.6 Å². The molecule has 1 aliphatic heterocycles. The molecule has 2 aromatic carbocycles. The quantitative estimate of drug-likeness (QED) is 0.562. The number of nitrogens with zero attached hydrogens (tertiary/aromatic N) is 1. The molecule has 0 radical (unpaired) electrons. The van der Waals surface area contributed by atoms with Crippen molar-refractivity contribution < 1.29 is 17.9 Å². The number of hydrogen-bond donors (Lipinski definition) is 1. The van der Waals surface area contributed by atoms with Gasteiger partial charge in [0.25, 0.3) is 5.91 Å². The largest absolute Gasteiger partial charge is 0.495 e. The molecule has 2 bridgehead atoms. The lowest BCUT2D eigenvalue weighted by atomic mass is 9.65. The van der Waals surface area contributed by atoms with E-state index in [1.54, 1.807) is 29.6 Å². The Labute approximate surface area is 210 Å². The number of anilines is 1. The van der Waals surface area contributed by atoms with E-state index < -0.39 is 10.0 Å². The number of benzene rings is 2. The molecule has 2 atom stereocenters. The summed E-state index contributed by atoms with van der Waals surface area (Å²) in [5.41, 5.74) is 1.91. The van der Waals surface area contributed by atoms with Gasteiger partial charge in [0, 0.05) is 18.2 Å². The van der Waals surface area contributed by atoms with Gasteiger partial charge in [0.1, 0.15) is 5.75 Å². The first-order valence-corrected chi connectivity index (χ1v) is 13.7. The third-order valence-electron chi connectivity index (χ3n) is 7.38. The highest BCUT2D eigenvalue weighted by Gasteiger charge is 2.53. The summed E-state index contributed by atoms with van der Waals surface area (Å²) < 4.78 is 34.5. The van der Waals surface area contributed by atoms with Gasteiger partial charge in [-0.2, -0.15) is 4.31 Å². The predicted molar refractivity (Wildman–Crippen MR) is 140 cm³/mol. The monoisotopic (exact) mass is 498 g/mol. The van der Waals surface area contributed by atoms with E-state index in [1.807, 2.05) is 18.2 Å². The summed E-state index contributed by atoms with van der Waals surface area (Å²) in [6.45, 7) is 13.5. The maximum Gasteiger partial charge on any atom is 0.255 e. The summed E-state index contributed by atoms with van der Waals surface area (Å²) >= 11 is 0. The second kappa shape index (κ2) is 8.63. The Morgan fingerprint density at radius 3 is 2.46 bits per heavy atom. The smallest absolute Gasteiger partial charge is 0.255 e. The van der Waals surface area contributed by atoms with Crippen molar-refractivity contribution in [1.29, 1.82) is 0 Å². The van der Waals surface area contributed by atoms with Crippen molar-refractivity contribution in [3.8, 4) is 5.75 Å². The first-order chi connectivity index (χ1) is 16.1. The van der Waals surface area contributed by atoms with Gasteiger partial charge >= 0.3 is 0 Å². The first-order valence-electron chi connectivity index (χ1n) is 12.3. The maximum absolute atomic E-state index is 13.7. The molecule has 0 unspecified atom stereocenters. The average Bonchev–Trinajstić information content (AvgIpc) is 3.02. The molecule has 0 aromatic heterocycles. The first kappa shape index (κ1) is 25.7. The molecule has 1 saturated carbocycles. The van der Waals surface area contributed by atoms with Gasteiger partial charge in [-0.05, 0) is 71.4 Å². The molecule has 1 N–H and O–H groups in total. The Morgan fingerprint density at radius 2 is 1.80 bits per heavy atom. The zero-order chi connectivity index (χ0) is 25.8. The predicted octanol–water partition coefficient (Wildman–Crippen LogP) is 5.83. The van der Waals surface area contributed by atoms with E-state index >= 15 is 0 Å². The van der Waals surface area contributed by atoms with E-state index in [9.17, 15) is 13.2 Å². The summed E-state index contributed by atoms with van der Waals surface area (Å²) in [5, 5.41) is 2.92. The van der Waals surface area contributed by atoms with Crippen LogP contribution in [0.4, 0.5) is 5.69 Å². The van der Waals surface area contributed by atoms with E-state index in [-0.39, 0.29) is 33.1 Å². The summed E-state index contributed by atoms with van der Waals surface area (Å²) in [6.07, 6.45) is 2.76. The van der Waals surface area contributed by atoms with Crippen molar-refractivity contribution in [1.82, 2.24) is 4.31 Å². The van der Waals surface area contributed by atoms with Crippen LogP contribution in [0.25, 0.3) is 0 Å². The molecule has 1 amide bonds. The normalized spacial score (nSPS) is 24.3. The lowest BCUT2D eigenvalue weighted by Crippen LogP contribution is -2.37. The highest BCUT2D eigenvalue weighted by molar-refractivity contribution is 7.89. The lowest BCUT2D eigenvalue weighted by molar-refractivity contribution is 0.102. The Morgan fingerprint density at radius 1 is 1.09 bits per heavy atom. The van der Waals surface area contributed by atoms with Crippen molar-refractivity contribution in [2.75, 3.05) is 19.0 Å². The van der Waals surface area contributed by atoms with Crippen LogP contribution in [0.15, 0.2) is 47.4 Å². The van der Waals surface area contributed by atoms with E-state index in [0.717, 1.165) is 24.8 Å². The minimum Gasteiger partial charge on any atom is -0.495 e. The SMILES string of the molecule is COc1ccc(C(C)(C)C)cc1NC(=O)c1cccc(S(=O)(=O)N2C[C@]3(C)C[C@@H]2CC(C)(C)C3)c1. The van der Waals surface area contributed by atoms with Gasteiger partial charge in [-0.15, -0.1) is 0 Å². The number of hydrogen-bond acceptors (Lipinski definition) is 4. The van der Waals surface area contributed by atoms with E-state index in [1.165, 1.54) is 6.07 Å². The van der Waals surface area contributed by atoms with Gasteiger partial charge < -0.3 is 10.1 Å². The zero-order valence-electron chi connectivity index (χ0n) is 21.9. The second-order valence-electron chi connectivity index (χ2n) is 12.4. The topological polar surface area (TPSA) is 75.7 Å². The van der Waals surface area contributed by atoms with Crippen LogP contribution in [0.2, 0.25) is 0 Å². The second-order valence-corrected chi connectivity index (χ2v) is 14.3. The number of rotatable bonds is 5. The Bertz CT molecular complexity index is 1250. The number of fused-ring (bicyclic) bond motifs is 2. The van der Waals surface area contributed by atoms with Gasteiger partial charge in [0.05, 0.1) is 17.7 Å². The number of ether oxygens (including phenoxy) is 1. The van der Waals surface area contributed by atoms with Gasteiger partial charge in [0.2, 0.25) is 10.0 Å². The molecule has 7 heteroatoms. The van der Waals surface area contributed by atoms with Crippen molar-refractivity contribution in [2.24, 2.45) is 10.8 Å². The van der Waals surface area contributed by atoms with Gasteiger partial charge in [-0.1, -0.05) is 53.7 Å². The van der Waals surface area contributed by atoms with E-state index in [4.69, 9.17) is 4.74 Å². The molecule has 6 nitrogen and oxygen atoms in total. The van der Waals surface area contributed by atoms with Crippen molar-refractivity contribution in [2.45, 2.75) is 77.2 Å². The van der Waals surface area contributed by atoms with Crippen LogP contribution in [0.1, 0.15) is 76.7 Å². The highest BCUT2D eigenvalue weighted by Crippen LogP contribution is 2.53. The van der Waals surface area contributed by atoms with Crippen LogP contribution in [-0.2, 0) is 15.4 Å². The molecule has 190 valence electrons. The van der Waals surface area contributed by atoms with Crippen molar-refractivity contribution in [3.63, 3.8) is 0 Å². The fourth-order valence-electron chi connectivity index (χ4n) is 6.09. The Balaban J connectivity index is 1.61. The molecule has 1 heterocycles. The minimum atomic E-state index is -3.72. The Hall–Kier alpha value is -2.38. The molecular weight excluding hydrogens is 460 g/mol. The fraction of sp³-hybridized carbons (Fsp3) is 0.536. The molecule has 35 heavy (non-hydrogen) atoms. The summed E-state index contributed by atoms with van der Waals surface area (Å²) in [5.74, 6) is 0.176. The zero-order valence-corrected chi connectivity index (χ0v) is 22.8. The van der Waals surface area contributed by atoms with Crippen LogP contribution >= 0.6 is 0 Å². The van der Waals surface area contributed by atoms with E-state index in [0.29, 0.717) is 23.5 Å². The van der Waals surface area contributed by atoms with Crippen LogP contribution in [0.3, 0.4) is 0 Å². The number of methoxy groups -OCH3 is 1. The standard InChI is InChI=1S/C28H38N2O4S/c1-26(2,3)20-11-12-24(34-7)23(14-20)29-25(31)19-9-8-10-22(13-19)35(32,33)30-18-28(6)16-21(30)15-27(4,5)17-28/h8-14,21H,15-18H2,1-7H3,(H,29,31)/t21-,28+/m0/s1. The number of sulfonamides is 1. The summed E-state index contributed by atoms with van der Waals surface area (Å²) in [6, 6.07) is 12.1. The van der Waals surface area contributed by atoms with Crippen LogP contribution in [0.5, 0.6) is 5.75 Å². The third kappa shape index (κ3) is 5.12. The molecular formula is C28H38N2O4S. The number of nitrogens with one attached hydrogen (secondary N) is 1. The summed E-state index contributed by atoms with van der Waals surface area (Å²) in [7, 11) is -2.16. The number of amides is 1. The summed E-state index contributed by atoms with van der Waals surface area (Å²) in [4.78, 5) is 13.3. The lowest BCUT2D eigenvalue weighted by Gasteiger charge is -2.39. The van der Waals surface area contributed by atoms with Crippen LogP contribution in [-0.4, -0.2) is 38.3 Å². The molecule has 1 saturated heterocycles. The number of carbonyl (C=O) groups is 1. The van der Waals surface area contributed by atoms with Crippen molar-refractivity contribution >= 4 is 21.6 Å². The average molecular weight is 499 g/mol. The van der Waals surface area contributed by atoms with E-state index in [2.05, 4.69) is 46.9 Å². The number of carbonyl (C=O) groups excluding carboxylic acids is 1. The molecule has 2 fully saturated rings. The van der Waals surface area contributed by atoms with Crippen LogP contribution in [0, 0.1) is 10.8 Å². The molecule has 2 aliphatic rings. The Kier molecular flexibility index (Phi) is 6.34. The van der Waals surface area contributed by atoms with Gasteiger partial charge in [0.15, 0.2) is 0 Å². The molecule has 0 spiro atoms. The third-order valence-corrected chi connectivity index (χ3v) is 9.28. The molecule has 4 rings (SSSR count).